The lowest BCUT2D eigenvalue weighted by molar-refractivity contribution is -0.141. The van der Waals surface area contributed by atoms with Crippen molar-refractivity contribution in [1.82, 2.24) is 24.9 Å². The van der Waals surface area contributed by atoms with Gasteiger partial charge in [-0.15, -0.1) is 17.9 Å². The van der Waals surface area contributed by atoms with E-state index in [9.17, 15) is 31.2 Å². The first kappa shape index (κ1) is 46.8. The number of rotatable bonds is 14. The van der Waals surface area contributed by atoms with E-state index < -0.39 is 79.3 Å². The molecule has 3 fully saturated rings. The van der Waals surface area contributed by atoms with Gasteiger partial charge in [-0.05, 0) is 87.3 Å². The Kier molecular flexibility index (Phi) is 12.2. The van der Waals surface area contributed by atoms with Crippen LogP contribution in [0.4, 0.5) is 18.9 Å². The largest absolute Gasteiger partial charge is 0.496 e. The van der Waals surface area contributed by atoms with Crippen LogP contribution < -0.4 is 24.8 Å². The Morgan fingerprint density at radius 3 is 2.33 bits per heavy atom. The minimum Gasteiger partial charge on any atom is -0.496 e. The SMILES string of the molecule is C=C[C@@H]1C[C@]1(NC(=O)[C@@H]1C[C@@H](Oc2cc(-c3nc(C(C)C)cs3)nc3c(C)c(OC)ccc23)CN1C(=O)[C@@H](Nc1cc(C)cc(C(F)(F)F)c1)C(C)(C)C)C(=O)NS(=O)(=O)C1(C)CC1. The summed E-state index contributed by atoms with van der Waals surface area (Å²) in [5.74, 6) is -1.66. The van der Waals surface area contributed by atoms with Crippen LogP contribution in [0, 0.1) is 25.2 Å². The van der Waals surface area contributed by atoms with Gasteiger partial charge >= 0.3 is 6.18 Å². The van der Waals surface area contributed by atoms with E-state index in [2.05, 4.69) is 21.9 Å². The van der Waals surface area contributed by atoms with Gasteiger partial charge < -0.3 is 25.0 Å². The van der Waals surface area contributed by atoms with Gasteiger partial charge in [0, 0.05) is 40.4 Å². The van der Waals surface area contributed by atoms with Crippen molar-refractivity contribution in [3.05, 3.63) is 76.8 Å². The van der Waals surface area contributed by atoms with Crippen molar-refractivity contribution in [2.45, 2.75) is 122 Å². The quantitative estimate of drug-likeness (QED) is 0.105. The Morgan fingerprint density at radius 2 is 1.75 bits per heavy atom. The number of nitrogens with one attached hydrogen (secondary N) is 3. The number of hydrogen-bond donors (Lipinski definition) is 3. The Morgan fingerprint density at radius 1 is 1.05 bits per heavy atom. The van der Waals surface area contributed by atoms with E-state index in [1.807, 2.05) is 32.2 Å². The van der Waals surface area contributed by atoms with E-state index in [4.69, 9.17) is 19.4 Å². The van der Waals surface area contributed by atoms with Crippen LogP contribution in [0.2, 0.25) is 0 Å². The van der Waals surface area contributed by atoms with Crippen LogP contribution in [0.25, 0.3) is 21.6 Å². The monoisotopic (exact) mass is 924 g/mol. The number of pyridine rings is 1. The van der Waals surface area contributed by atoms with E-state index in [1.165, 1.54) is 35.3 Å². The standard InChI is InChI=1S/C46H55F3N6O7S2/c1-11-27-21-45(27,42(58)54-64(59,60)44(9)14-15-44)53-39(56)34-19-30(22-55(34)41(57)38(43(6,7)8)50-29-17-25(4)16-28(18-29)46(47,48)49)62-36-20-32(40-52-33(23-63-40)24(2)3)51-37-26(5)35(61-10)13-12-31(36)37/h11-13,16-18,20,23-24,27,30,34,38,50H,1,14-15,19,21-22H2,2-10H3,(H,53,56)(H,54,58)/t27-,30-,34+,38-,45-/m1/s1. The van der Waals surface area contributed by atoms with Gasteiger partial charge in [0.25, 0.3) is 5.91 Å². The number of amides is 3. The number of carbonyl (C=O) groups is 3. The van der Waals surface area contributed by atoms with Crippen LogP contribution in [0.15, 0.2) is 54.4 Å². The number of anilines is 1. The molecule has 0 spiro atoms. The maximum atomic E-state index is 15.0. The summed E-state index contributed by atoms with van der Waals surface area (Å²) < 4.78 is 81.7. The molecule has 2 aromatic carbocycles. The number of halogens is 3. The lowest BCUT2D eigenvalue weighted by Crippen LogP contribution is -2.59. The number of hydrogen-bond acceptors (Lipinski definition) is 11. The molecule has 2 aliphatic carbocycles. The van der Waals surface area contributed by atoms with Crippen molar-refractivity contribution in [2.24, 2.45) is 11.3 Å². The Bertz CT molecular complexity index is 2640. The third-order valence-electron chi connectivity index (χ3n) is 12.6. The summed E-state index contributed by atoms with van der Waals surface area (Å²) in [6.07, 6.45) is -3.22. The molecule has 5 atom stereocenters. The van der Waals surface area contributed by atoms with Crippen LogP contribution in [-0.2, 0) is 30.6 Å². The predicted molar refractivity (Wildman–Crippen MR) is 240 cm³/mol. The van der Waals surface area contributed by atoms with E-state index in [-0.39, 0.29) is 31.0 Å². The number of aromatic nitrogens is 2. The topological polar surface area (TPSA) is 169 Å². The maximum absolute atomic E-state index is 15.0. The minimum atomic E-state index is -4.65. The zero-order valence-corrected chi connectivity index (χ0v) is 39.0. The van der Waals surface area contributed by atoms with Crippen LogP contribution in [-0.4, -0.2) is 83.1 Å². The van der Waals surface area contributed by atoms with Gasteiger partial charge in [-0.1, -0.05) is 40.7 Å². The number of alkyl halides is 3. The summed E-state index contributed by atoms with van der Waals surface area (Å²) in [6.45, 7) is 18.0. The van der Waals surface area contributed by atoms with Crippen LogP contribution in [0.1, 0.15) is 95.5 Å². The Labute approximate surface area is 375 Å². The molecule has 2 aromatic heterocycles. The summed E-state index contributed by atoms with van der Waals surface area (Å²) in [6, 6.07) is 6.43. The normalized spacial score (nSPS) is 22.2. The third-order valence-corrected chi connectivity index (χ3v) is 15.6. The molecule has 3 N–H and O–H groups in total. The second-order valence-corrected chi connectivity index (χ2v) is 22.0. The molecule has 344 valence electrons. The first-order valence-electron chi connectivity index (χ1n) is 21.2. The van der Waals surface area contributed by atoms with Crippen LogP contribution >= 0.6 is 11.3 Å². The first-order valence-corrected chi connectivity index (χ1v) is 23.5. The summed E-state index contributed by atoms with van der Waals surface area (Å²) in [5, 5.41) is 9.13. The van der Waals surface area contributed by atoms with Gasteiger partial charge in [0.15, 0.2) is 0 Å². The summed E-state index contributed by atoms with van der Waals surface area (Å²) >= 11 is 1.43. The molecule has 7 rings (SSSR count). The van der Waals surface area contributed by atoms with Gasteiger partial charge in [0.2, 0.25) is 21.8 Å². The minimum absolute atomic E-state index is 0.0611. The zero-order valence-electron chi connectivity index (χ0n) is 37.4. The molecule has 0 unspecified atom stereocenters. The molecule has 18 heteroatoms. The fraction of sp³-hybridized carbons (Fsp3) is 0.500. The van der Waals surface area contributed by atoms with Crippen LogP contribution in [0.3, 0.4) is 0 Å². The van der Waals surface area contributed by atoms with Gasteiger partial charge in [-0.25, -0.2) is 18.4 Å². The highest BCUT2D eigenvalue weighted by Crippen LogP contribution is 2.47. The molecular formula is C46H55F3N6O7S2. The molecule has 1 saturated heterocycles. The van der Waals surface area contributed by atoms with Crippen LogP contribution in [0.5, 0.6) is 11.5 Å². The number of carbonyl (C=O) groups excluding carboxylic acids is 3. The molecule has 4 aromatic rings. The first-order chi connectivity index (χ1) is 29.8. The summed E-state index contributed by atoms with van der Waals surface area (Å²) in [5.41, 5.74) is -0.296. The van der Waals surface area contributed by atoms with Gasteiger partial charge in [-0.3, -0.25) is 19.1 Å². The lowest BCUT2D eigenvalue weighted by atomic mass is 9.85. The highest BCUT2D eigenvalue weighted by atomic mass is 32.2. The fourth-order valence-corrected chi connectivity index (χ4v) is 10.4. The van der Waals surface area contributed by atoms with E-state index in [0.29, 0.717) is 51.5 Å². The molecule has 0 bridgehead atoms. The average molecular weight is 925 g/mol. The number of thiazole rings is 1. The molecule has 2 saturated carbocycles. The fourth-order valence-electron chi connectivity index (χ4n) is 8.16. The van der Waals surface area contributed by atoms with Crippen molar-refractivity contribution in [3.8, 4) is 22.2 Å². The average Bonchev–Trinajstić information content (AvgIpc) is 3.99. The molecule has 3 heterocycles. The van der Waals surface area contributed by atoms with Gasteiger partial charge in [-0.2, -0.15) is 13.2 Å². The molecule has 13 nitrogen and oxygen atoms in total. The number of fused-ring (bicyclic) bond motifs is 1. The van der Waals surface area contributed by atoms with Gasteiger partial charge in [0.1, 0.15) is 45.9 Å². The molecule has 0 radical (unpaired) electrons. The highest BCUT2D eigenvalue weighted by Gasteiger charge is 2.63. The van der Waals surface area contributed by atoms with E-state index in [0.717, 1.165) is 23.4 Å². The number of sulfonamides is 1. The lowest BCUT2D eigenvalue weighted by Gasteiger charge is -2.36. The second kappa shape index (κ2) is 16.6. The number of methoxy groups -OCH3 is 1. The molecule has 3 amide bonds. The van der Waals surface area contributed by atoms with Gasteiger partial charge in [0.05, 0.1) is 35.2 Å². The predicted octanol–water partition coefficient (Wildman–Crippen LogP) is 8.06. The van der Waals surface area contributed by atoms with Crippen molar-refractivity contribution >= 4 is 55.7 Å². The second-order valence-electron chi connectivity index (χ2n) is 18.9. The number of ether oxygens (including phenoxy) is 2. The number of aryl methyl sites for hydroxylation is 2. The highest BCUT2D eigenvalue weighted by molar-refractivity contribution is 7.91. The van der Waals surface area contributed by atoms with Crippen molar-refractivity contribution in [1.29, 1.82) is 0 Å². The third kappa shape index (κ3) is 9.04. The Balaban J connectivity index is 1.27. The maximum Gasteiger partial charge on any atom is 0.416 e. The zero-order chi connectivity index (χ0) is 46.9. The molecule has 3 aliphatic rings. The molecular weight excluding hydrogens is 870 g/mol. The number of nitrogens with zero attached hydrogens (tertiary/aromatic N) is 3. The van der Waals surface area contributed by atoms with Crippen molar-refractivity contribution < 1.29 is 45.4 Å². The summed E-state index contributed by atoms with van der Waals surface area (Å²) in [4.78, 5) is 54.7. The number of benzene rings is 2. The molecule has 64 heavy (non-hydrogen) atoms. The number of likely N-dealkylation sites (tertiary alicyclic amines) is 1. The Hall–Kier alpha value is -5.23. The van der Waals surface area contributed by atoms with E-state index >= 15 is 4.79 Å². The van der Waals surface area contributed by atoms with Crippen molar-refractivity contribution in [2.75, 3.05) is 19.0 Å². The van der Waals surface area contributed by atoms with E-state index in [1.54, 1.807) is 46.9 Å². The smallest absolute Gasteiger partial charge is 0.416 e. The van der Waals surface area contributed by atoms with Crippen molar-refractivity contribution in [3.63, 3.8) is 0 Å². The molecule has 1 aliphatic heterocycles. The summed E-state index contributed by atoms with van der Waals surface area (Å²) in [7, 11) is -2.51.